The number of nitrogens with zero attached hydrogens (tertiary/aromatic N) is 3. The number of esters is 2. The van der Waals surface area contributed by atoms with Gasteiger partial charge in [0, 0.05) is 39.1 Å². The van der Waals surface area contributed by atoms with Crippen molar-refractivity contribution in [3.05, 3.63) is 59.2 Å². The Bertz CT molecular complexity index is 1790. The predicted molar refractivity (Wildman–Crippen MR) is 245 cm³/mol. The lowest BCUT2D eigenvalue weighted by Gasteiger charge is -2.35. The first-order valence-electron chi connectivity index (χ1n) is 21.8. The lowest BCUT2D eigenvalue weighted by molar-refractivity contribution is -0.161. The normalized spacial score (nSPS) is 27.9. The highest BCUT2D eigenvalue weighted by molar-refractivity contribution is 7.98. The molecule has 1 aromatic rings. The van der Waals surface area contributed by atoms with Crippen LogP contribution in [-0.2, 0) is 54.2 Å². The van der Waals surface area contributed by atoms with Gasteiger partial charge in [-0.05, 0) is 76.7 Å². The SMILES string of the molecule is C/C=C(\C)[C@H]1OC(=O)[C@H](C)N(C)C(=O)[C@H](C(C)CC)NC(=O)CN(C)C(=O)[C@@H](Cc2ccccc2)N(C)C(=O)[C@H](C)NC(=O)[C@@H](CC(C)C)OC(=O)/C(C)=C/C[C@@H](OCSC)[C@H]1C. The summed E-state index contributed by atoms with van der Waals surface area (Å²) in [5.74, 6) is -4.88. The fourth-order valence-corrected chi connectivity index (χ4v) is 7.41. The molecule has 5 amide bonds. The number of carbonyl (C=O) groups excluding carboxylic acids is 7. The van der Waals surface area contributed by atoms with E-state index in [-0.39, 0.29) is 36.7 Å². The summed E-state index contributed by atoms with van der Waals surface area (Å²) in [7, 11) is 4.37. The molecule has 0 spiro atoms. The van der Waals surface area contributed by atoms with E-state index in [9.17, 15) is 33.6 Å². The lowest BCUT2D eigenvalue weighted by Crippen LogP contribution is -2.58. The van der Waals surface area contributed by atoms with Crippen LogP contribution in [0.2, 0.25) is 0 Å². The van der Waals surface area contributed by atoms with E-state index < -0.39 is 96.4 Å². The van der Waals surface area contributed by atoms with Crippen LogP contribution in [0.5, 0.6) is 0 Å². The zero-order valence-corrected chi connectivity index (χ0v) is 40.7. The minimum Gasteiger partial charge on any atom is -0.456 e. The van der Waals surface area contributed by atoms with Crippen LogP contribution in [0.15, 0.2) is 53.6 Å². The average molecular weight is 900 g/mol. The van der Waals surface area contributed by atoms with Crippen molar-refractivity contribution < 1.29 is 47.8 Å². The highest BCUT2D eigenvalue weighted by atomic mass is 32.2. The number of cyclic esters (lactones) is 2. The van der Waals surface area contributed by atoms with Gasteiger partial charge in [-0.25, -0.2) is 9.59 Å². The van der Waals surface area contributed by atoms with Gasteiger partial charge < -0.3 is 39.5 Å². The van der Waals surface area contributed by atoms with Gasteiger partial charge >= 0.3 is 11.9 Å². The molecule has 1 unspecified atom stereocenters. The highest BCUT2D eigenvalue weighted by Gasteiger charge is 2.38. The standard InChI is InChI=1S/C47H73N5O10S/c1-15-29(5)40-45(57)51(12)34(10)47(59)62-41(30(6)16-2)32(8)37(60-27-63-14)23-22-31(7)46(58)61-38(24-28(3)4)42(54)48-33(9)43(55)52(13)36(25-35-20-18-17-19-21-35)44(56)50(11)26-39(53)49-40/h16-22,28-29,32-34,36-38,40-41H,15,23-27H2,1-14H3,(H,48,54)(H,49,53)/b30-16+,31-22+/t29?,32-,33+,34+,36-,37-,38-,40+,41-/m1/s1. The van der Waals surface area contributed by atoms with Crippen molar-refractivity contribution in [1.29, 1.82) is 0 Å². The second kappa shape index (κ2) is 26.2. The third kappa shape index (κ3) is 16.1. The Hall–Kier alpha value is -4.70. The topological polar surface area (TPSA) is 181 Å². The summed E-state index contributed by atoms with van der Waals surface area (Å²) in [6.07, 6.45) is 3.86. The summed E-state index contributed by atoms with van der Waals surface area (Å²) >= 11 is 1.46. The van der Waals surface area contributed by atoms with Crippen molar-refractivity contribution in [2.24, 2.45) is 17.8 Å². The van der Waals surface area contributed by atoms with Gasteiger partial charge in [0.25, 0.3) is 5.91 Å². The molecular formula is C47H73N5O10S. The third-order valence-corrected chi connectivity index (χ3v) is 12.1. The summed E-state index contributed by atoms with van der Waals surface area (Å²) in [6.45, 7) is 17.2. The molecule has 0 saturated carbocycles. The van der Waals surface area contributed by atoms with Crippen LogP contribution in [0.4, 0.5) is 0 Å². The second-order valence-electron chi connectivity index (χ2n) is 17.1. The molecule has 1 aliphatic heterocycles. The van der Waals surface area contributed by atoms with Crippen LogP contribution >= 0.6 is 11.8 Å². The average Bonchev–Trinajstić information content (AvgIpc) is 3.26. The Kier molecular flexibility index (Phi) is 22.6. The van der Waals surface area contributed by atoms with Crippen LogP contribution in [0.3, 0.4) is 0 Å². The van der Waals surface area contributed by atoms with Crippen LogP contribution in [0.1, 0.15) is 94.1 Å². The molecule has 0 radical (unpaired) electrons. The number of nitrogens with one attached hydrogen (secondary N) is 2. The largest absolute Gasteiger partial charge is 0.456 e. The van der Waals surface area contributed by atoms with Gasteiger partial charge in [0.1, 0.15) is 30.3 Å². The summed E-state index contributed by atoms with van der Waals surface area (Å²) < 4.78 is 18.2. The number of allylic oxidation sites excluding steroid dienone is 1. The van der Waals surface area contributed by atoms with E-state index in [1.165, 1.54) is 54.5 Å². The molecule has 1 aromatic carbocycles. The number of ether oxygens (including phenoxy) is 3. The van der Waals surface area contributed by atoms with E-state index in [1.54, 1.807) is 32.1 Å². The Balaban J connectivity index is 2.72. The highest BCUT2D eigenvalue weighted by Crippen LogP contribution is 2.27. The fraction of sp³-hybridized carbons (Fsp3) is 0.638. The minimum absolute atomic E-state index is 0.0618. The summed E-state index contributed by atoms with van der Waals surface area (Å²) in [5, 5.41) is 5.51. The second-order valence-corrected chi connectivity index (χ2v) is 18.0. The van der Waals surface area contributed by atoms with E-state index in [1.807, 2.05) is 79.0 Å². The number of rotatable bonds is 10. The Morgan fingerprint density at radius 3 is 2.13 bits per heavy atom. The van der Waals surface area contributed by atoms with Crippen molar-refractivity contribution in [3.8, 4) is 0 Å². The number of hydrogen-bond donors (Lipinski definition) is 2. The van der Waals surface area contributed by atoms with Crippen molar-refractivity contribution in [2.45, 2.75) is 137 Å². The van der Waals surface area contributed by atoms with Gasteiger partial charge in [-0.3, -0.25) is 24.0 Å². The number of likely N-dealkylation sites (N-methyl/N-ethyl adjacent to an activating group) is 3. The van der Waals surface area contributed by atoms with E-state index in [2.05, 4.69) is 10.6 Å². The van der Waals surface area contributed by atoms with Crippen molar-refractivity contribution in [2.75, 3.05) is 39.9 Å². The van der Waals surface area contributed by atoms with Crippen molar-refractivity contribution in [1.82, 2.24) is 25.3 Å². The van der Waals surface area contributed by atoms with Gasteiger partial charge in [-0.15, -0.1) is 11.8 Å². The maximum Gasteiger partial charge on any atom is 0.334 e. The first kappa shape index (κ1) is 54.4. The minimum atomic E-state index is -1.23. The molecular weight excluding hydrogens is 827 g/mol. The van der Waals surface area contributed by atoms with Crippen molar-refractivity contribution >= 4 is 53.2 Å². The molecule has 0 saturated heterocycles. The van der Waals surface area contributed by atoms with E-state index in [0.717, 1.165) is 11.1 Å². The van der Waals surface area contributed by atoms with Crippen LogP contribution in [-0.4, -0.2) is 139 Å². The first-order valence-corrected chi connectivity index (χ1v) is 23.2. The maximum atomic E-state index is 14.2. The molecule has 2 N–H and O–H groups in total. The maximum absolute atomic E-state index is 14.2. The number of hydrogen-bond acceptors (Lipinski definition) is 11. The smallest absolute Gasteiger partial charge is 0.334 e. The molecule has 1 aliphatic rings. The van der Waals surface area contributed by atoms with E-state index in [0.29, 0.717) is 12.4 Å². The predicted octanol–water partition coefficient (Wildman–Crippen LogP) is 4.92. The Morgan fingerprint density at radius 2 is 1.56 bits per heavy atom. The fourth-order valence-electron chi connectivity index (χ4n) is 7.10. The number of carbonyl (C=O) groups is 7. The van der Waals surface area contributed by atoms with Gasteiger partial charge in [-0.1, -0.05) is 83.5 Å². The van der Waals surface area contributed by atoms with Gasteiger partial charge in [-0.2, -0.15) is 0 Å². The quantitative estimate of drug-likeness (QED) is 0.185. The zero-order valence-electron chi connectivity index (χ0n) is 39.9. The number of thioether (sulfide) groups is 1. The van der Waals surface area contributed by atoms with Crippen LogP contribution in [0.25, 0.3) is 0 Å². The molecule has 0 aromatic heterocycles. The van der Waals surface area contributed by atoms with Crippen molar-refractivity contribution in [3.63, 3.8) is 0 Å². The molecule has 16 heteroatoms. The van der Waals surface area contributed by atoms with Crippen LogP contribution in [0, 0.1) is 17.8 Å². The molecule has 63 heavy (non-hydrogen) atoms. The molecule has 352 valence electrons. The molecule has 9 atom stereocenters. The molecule has 0 bridgehead atoms. The summed E-state index contributed by atoms with van der Waals surface area (Å²) in [6, 6.07) is 4.73. The molecule has 2 rings (SSSR count). The molecule has 1 heterocycles. The first-order chi connectivity index (χ1) is 29.6. The zero-order chi connectivity index (χ0) is 47.7. The van der Waals surface area contributed by atoms with Gasteiger partial charge in [0.2, 0.25) is 23.6 Å². The summed E-state index contributed by atoms with van der Waals surface area (Å²) in [4.78, 5) is 101. The number of amides is 5. The molecule has 0 aliphatic carbocycles. The molecule has 0 fully saturated rings. The van der Waals surface area contributed by atoms with Crippen LogP contribution < -0.4 is 10.6 Å². The third-order valence-electron chi connectivity index (χ3n) is 11.7. The Labute approximate surface area is 379 Å². The summed E-state index contributed by atoms with van der Waals surface area (Å²) in [5.41, 5.74) is 1.73. The van der Waals surface area contributed by atoms with E-state index >= 15 is 0 Å². The molecule has 15 nitrogen and oxygen atoms in total. The van der Waals surface area contributed by atoms with Gasteiger partial charge in [0.15, 0.2) is 6.10 Å². The lowest BCUT2D eigenvalue weighted by atomic mass is 9.90. The van der Waals surface area contributed by atoms with Gasteiger partial charge in [0.05, 0.1) is 18.6 Å². The Morgan fingerprint density at radius 1 is 0.921 bits per heavy atom. The van der Waals surface area contributed by atoms with E-state index in [4.69, 9.17) is 14.2 Å². The number of benzene rings is 1. The monoisotopic (exact) mass is 900 g/mol.